The van der Waals surface area contributed by atoms with Crippen LogP contribution < -0.4 is 5.43 Å². The summed E-state index contributed by atoms with van der Waals surface area (Å²) in [6.07, 6.45) is -0.224. The summed E-state index contributed by atoms with van der Waals surface area (Å²) in [6.45, 7) is 0. The molecule has 0 spiro atoms. The van der Waals surface area contributed by atoms with Crippen LogP contribution in [0.15, 0.2) is 64.2 Å². The van der Waals surface area contributed by atoms with Gasteiger partial charge in [0.1, 0.15) is 0 Å². The van der Waals surface area contributed by atoms with Gasteiger partial charge in [-0.05, 0) is 24.3 Å². The van der Waals surface area contributed by atoms with Gasteiger partial charge in [-0.2, -0.15) is 0 Å². The van der Waals surface area contributed by atoms with Crippen LogP contribution in [-0.2, 0) is 4.74 Å². The average Bonchev–Trinajstić information content (AvgIpc) is 2.89. The maximum Gasteiger partial charge on any atom is 0.240 e. The zero-order valence-electron chi connectivity index (χ0n) is 9.51. The Morgan fingerprint density at radius 2 is 1.89 bits per heavy atom. The van der Waals surface area contributed by atoms with Gasteiger partial charge in [0.05, 0.1) is 0 Å². The van der Waals surface area contributed by atoms with E-state index in [-0.39, 0.29) is 6.23 Å². The van der Waals surface area contributed by atoms with E-state index in [4.69, 9.17) is 4.74 Å². The number of hydrogen-bond acceptors (Lipinski definition) is 3. The van der Waals surface area contributed by atoms with E-state index in [9.17, 15) is 0 Å². The number of hydrazone groups is 1. The number of rotatable bonds is 2. The predicted octanol–water partition coefficient (Wildman–Crippen LogP) is 3.43. The van der Waals surface area contributed by atoms with Crippen LogP contribution in [0.25, 0.3) is 0 Å². The van der Waals surface area contributed by atoms with Gasteiger partial charge in [0, 0.05) is 15.6 Å². The molecule has 0 bridgehead atoms. The number of nitrogens with zero attached hydrogens (tertiary/aromatic N) is 1. The summed E-state index contributed by atoms with van der Waals surface area (Å²) in [4.78, 5) is 0. The molecule has 1 aliphatic heterocycles. The van der Waals surface area contributed by atoms with Crippen LogP contribution >= 0.6 is 15.9 Å². The van der Waals surface area contributed by atoms with E-state index in [2.05, 4.69) is 26.5 Å². The molecule has 4 heteroatoms. The van der Waals surface area contributed by atoms with Crippen molar-refractivity contribution >= 4 is 21.8 Å². The second-order valence-corrected chi connectivity index (χ2v) is 4.88. The van der Waals surface area contributed by atoms with E-state index in [1.807, 2.05) is 54.6 Å². The molecule has 1 heterocycles. The highest BCUT2D eigenvalue weighted by molar-refractivity contribution is 9.10. The van der Waals surface area contributed by atoms with Crippen molar-refractivity contribution in [2.75, 3.05) is 0 Å². The zero-order valence-corrected chi connectivity index (χ0v) is 11.1. The van der Waals surface area contributed by atoms with Crippen molar-refractivity contribution in [2.45, 2.75) is 6.23 Å². The minimum Gasteiger partial charge on any atom is -0.446 e. The highest BCUT2D eigenvalue weighted by Crippen LogP contribution is 2.23. The molecule has 0 saturated heterocycles. The predicted molar refractivity (Wildman–Crippen MR) is 74.1 cm³/mol. The number of halogens is 1. The van der Waals surface area contributed by atoms with E-state index in [1.165, 1.54) is 0 Å². The quantitative estimate of drug-likeness (QED) is 0.922. The smallest absolute Gasteiger partial charge is 0.240 e. The highest BCUT2D eigenvalue weighted by Gasteiger charge is 2.21. The topological polar surface area (TPSA) is 33.6 Å². The molecule has 90 valence electrons. The molecule has 0 saturated carbocycles. The third kappa shape index (κ3) is 2.24. The Kier molecular flexibility index (Phi) is 3.02. The molecule has 0 aromatic heterocycles. The van der Waals surface area contributed by atoms with Crippen LogP contribution in [-0.4, -0.2) is 5.90 Å². The lowest BCUT2D eigenvalue weighted by Crippen LogP contribution is -2.12. The molecule has 0 aliphatic carbocycles. The Labute approximate surface area is 114 Å². The third-order valence-electron chi connectivity index (χ3n) is 2.68. The summed E-state index contributed by atoms with van der Waals surface area (Å²) in [5.74, 6) is 0.626. The van der Waals surface area contributed by atoms with Gasteiger partial charge in [-0.25, -0.2) is 0 Å². The summed E-state index contributed by atoms with van der Waals surface area (Å²) in [5, 5.41) is 4.22. The first-order chi connectivity index (χ1) is 8.83. The summed E-state index contributed by atoms with van der Waals surface area (Å²) in [7, 11) is 0. The largest absolute Gasteiger partial charge is 0.446 e. The van der Waals surface area contributed by atoms with E-state index in [0.717, 1.165) is 15.6 Å². The summed E-state index contributed by atoms with van der Waals surface area (Å²) >= 11 is 3.45. The Balaban J connectivity index is 1.79. The van der Waals surface area contributed by atoms with E-state index < -0.39 is 0 Å². The van der Waals surface area contributed by atoms with Gasteiger partial charge >= 0.3 is 0 Å². The van der Waals surface area contributed by atoms with Crippen molar-refractivity contribution < 1.29 is 4.74 Å². The van der Waals surface area contributed by atoms with Gasteiger partial charge in [0.2, 0.25) is 12.1 Å². The van der Waals surface area contributed by atoms with Crippen LogP contribution in [0.3, 0.4) is 0 Å². The maximum absolute atomic E-state index is 5.81. The molecular formula is C14H11BrN2O. The molecule has 1 aliphatic rings. The Hall–Kier alpha value is -1.81. The van der Waals surface area contributed by atoms with Crippen molar-refractivity contribution in [1.29, 1.82) is 0 Å². The lowest BCUT2D eigenvalue weighted by Gasteiger charge is -2.11. The minimum atomic E-state index is -0.224. The van der Waals surface area contributed by atoms with Crippen LogP contribution in [0.4, 0.5) is 0 Å². The molecule has 1 N–H and O–H groups in total. The van der Waals surface area contributed by atoms with Gasteiger partial charge in [0.25, 0.3) is 0 Å². The lowest BCUT2D eigenvalue weighted by atomic mass is 10.2. The van der Waals surface area contributed by atoms with Crippen molar-refractivity contribution in [3.63, 3.8) is 0 Å². The van der Waals surface area contributed by atoms with Crippen LogP contribution in [0.1, 0.15) is 17.4 Å². The fourth-order valence-electron chi connectivity index (χ4n) is 1.81. The Bertz CT molecular complexity index is 583. The fourth-order valence-corrected chi connectivity index (χ4v) is 2.22. The summed E-state index contributed by atoms with van der Waals surface area (Å²) < 4.78 is 6.83. The summed E-state index contributed by atoms with van der Waals surface area (Å²) in [5.41, 5.74) is 5.01. The SMILES string of the molecule is Brc1cccc(C2NN=C(c3ccccc3)O2)c1. The first-order valence-electron chi connectivity index (χ1n) is 5.64. The molecule has 0 radical (unpaired) electrons. The van der Waals surface area contributed by atoms with Crippen molar-refractivity contribution in [3.05, 3.63) is 70.2 Å². The summed E-state index contributed by atoms with van der Waals surface area (Å²) in [6, 6.07) is 17.8. The second-order valence-electron chi connectivity index (χ2n) is 3.96. The van der Waals surface area contributed by atoms with Gasteiger partial charge in [-0.1, -0.05) is 46.3 Å². The molecule has 2 aromatic carbocycles. The third-order valence-corrected chi connectivity index (χ3v) is 3.18. The fraction of sp³-hybridized carbons (Fsp3) is 0.0714. The van der Waals surface area contributed by atoms with Crippen LogP contribution in [0.2, 0.25) is 0 Å². The minimum absolute atomic E-state index is 0.224. The molecule has 1 unspecified atom stereocenters. The van der Waals surface area contributed by atoms with E-state index in [0.29, 0.717) is 5.90 Å². The molecule has 3 rings (SSSR count). The zero-order chi connectivity index (χ0) is 12.4. The molecule has 0 amide bonds. The van der Waals surface area contributed by atoms with Crippen molar-refractivity contribution in [2.24, 2.45) is 5.10 Å². The average molecular weight is 303 g/mol. The van der Waals surface area contributed by atoms with Crippen LogP contribution in [0.5, 0.6) is 0 Å². The highest BCUT2D eigenvalue weighted by atomic mass is 79.9. The number of hydrogen-bond donors (Lipinski definition) is 1. The van der Waals surface area contributed by atoms with Gasteiger partial charge in [-0.3, -0.25) is 5.43 Å². The molecule has 2 aromatic rings. The number of benzene rings is 2. The number of nitrogens with one attached hydrogen (secondary N) is 1. The first kappa shape index (κ1) is 11.3. The second kappa shape index (κ2) is 4.82. The Morgan fingerprint density at radius 1 is 1.06 bits per heavy atom. The molecule has 3 nitrogen and oxygen atoms in total. The van der Waals surface area contributed by atoms with E-state index >= 15 is 0 Å². The maximum atomic E-state index is 5.81. The van der Waals surface area contributed by atoms with Gasteiger partial charge in [-0.15, -0.1) is 5.10 Å². The molecule has 0 fully saturated rings. The lowest BCUT2D eigenvalue weighted by molar-refractivity contribution is 0.191. The van der Waals surface area contributed by atoms with Gasteiger partial charge < -0.3 is 4.74 Å². The normalized spacial score (nSPS) is 17.8. The van der Waals surface area contributed by atoms with E-state index in [1.54, 1.807) is 0 Å². The standard InChI is InChI=1S/C14H11BrN2O/c15-12-8-4-7-11(9-12)14-17-16-13(18-14)10-5-2-1-3-6-10/h1-9,14,17H. The molecule has 1 atom stereocenters. The van der Waals surface area contributed by atoms with Crippen molar-refractivity contribution in [3.8, 4) is 0 Å². The Morgan fingerprint density at radius 3 is 2.67 bits per heavy atom. The molecule has 18 heavy (non-hydrogen) atoms. The molecular weight excluding hydrogens is 292 g/mol. The number of ether oxygens (including phenoxy) is 1. The monoisotopic (exact) mass is 302 g/mol. The van der Waals surface area contributed by atoms with Crippen molar-refractivity contribution in [1.82, 2.24) is 5.43 Å². The van der Waals surface area contributed by atoms with Crippen LogP contribution in [0, 0.1) is 0 Å². The first-order valence-corrected chi connectivity index (χ1v) is 6.43. The van der Waals surface area contributed by atoms with Gasteiger partial charge in [0.15, 0.2) is 0 Å².